The van der Waals surface area contributed by atoms with E-state index in [9.17, 15) is 4.79 Å². The van der Waals surface area contributed by atoms with Gasteiger partial charge in [0.2, 0.25) is 0 Å². The van der Waals surface area contributed by atoms with Crippen LogP contribution in [0.2, 0.25) is 0 Å². The lowest BCUT2D eigenvalue weighted by Crippen LogP contribution is -2.33. The second-order valence-corrected chi connectivity index (χ2v) is 8.84. The number of nitrogens with two attached hydrogens (primary N) is 1. The van der Waals surface area contributed by atoms with Crippen LogP contribution < -0.4 is 15.8 Å². The molecule has 1 aliphatic rings. The van der Waals surface area contributed by atoms with E-state index in [0.717, 1.165) is 22.9 Å². The van der Waals surface area contributed by atoms with Crippen molar-refractivity contribution in [3.05, 3.63) is 65.4 Å². The summed E-state index contributed by atoms with van der Waals surface area (Å²) in [6.07, 6.45) is 3.60. The Bertz CT molecular complexity index is 1040. The van der Waals surface area contributed by atoms with Gasteiger partial charge in [-0.3, -0.25) is 4.79 Å². The number of methoxy groups -OCH3 is 1. The van der Waals surface area contributed by atoms with Crippen molar-refractivity contribution in [3.63, 3.8) is 0 Å². The summed E-state index contributed by atoms with van der Waals surface area (Å²) in [5.74, 6) is 2.27. The lowest BCUT2D eigenvalue weighted by molar-refractivity contribution is 0.0925. The van der Waals surface area contributed by atoms with E-state index >= 15 is 0 Å². The predicted octanol–water partition coefficient (Wildman–Crippen LogP) is 5.44. The molecule has 0 bridgehead atoms. The van der Waals surface area contributed by atoms with Crippen LogP contribution in [0.25, 0.3) is 11.0 Å². The Morgan fingerprint density at radius 2 is 1.97 bits per heavy atom. The number of benzene rings is 2. The number of hydrogen-bond acceptors (Lipinski definition) is 4. The van der Waals surface area contributed by atoms with Crippen molar-refractivity contribution in [2.75, 3.05) is 7.11 Å². The van der Waals surface area contributed by atoms with Crippen LogP contribution in [-0.2, 0) is 6.54 Å². The molecule has 3 aromatic rings. The van der Waals surface area contributed by atoms with Crippen molar-refractivity contribution in [2.45, 2.75) is 45.7 Å². The van der Waals surface area contributed by atoms with E-state index in [1.165, 1.54) is 12.8 Å². The van der Waals surface area contributed by atoms with Gasteiger partial charge in [0.1, 0.15) is 0 Å². The molecule has 5 nitrogen and oxygen atoms in total. The molecule has 1 saturated carbocycles. The molecule has 5 heteroatoms. The molecule has 164 valence electrons. The predicted molar refractivity (Wildman–Crippen MR) is 123 cm³/mol. The first-order valence-electron chi connectivity index (χ1n) is 11.2. The highest BCUT2D eigenvalue weighted by Gasteiger charge is 2.33. The molecule has 2 aromatic carbocycles. The van der Waals surface area contributed by atoms with Gasteiger partial charge in [-0.15, -0.1) is 0 Å². The van der Waals surface area contributed by atoms with Crippen molar-refractivity contribution in [3.8, 4) is 5.75 Å². The zero-order valence-corrected chi connectivity index (χ0v) is 18.6. The largest absolute Gasteiger partial charge is 0.493 e. The van der Waals surface area contributed by atoms with Gasteiger partial charge in [-0.25, -0.2) is 0 Å². The fourth-order valence-electron chi connectivity index (χ4n) is 4.91. The molecule has 1 heterocycles. The third-order valence-corrected chi connectivity index (χ3v) is 7.01. The highest BCUT2D eigenvalue weighted by Crippen LogP contribution is 2.43. The first kappa shape index (κ1) is 21.4. The average molecular weight is 421 g/mol. The Labute approximate surface area is 184 Å². The van der Waals surface area contributed by atoms with Gasteiger partial charge in [0.05, 0.1) is 7.11 Å². The van der Waals surface area contributed by atoms with E-state index in [0.29, 0.717) is 35.6 Å². The minimum Gasteiger partial charge on any atom is -0.493 e. The number of ether oxygens (including phenoxy) is 1. The molecule has 0 saturated heterocycles. The van der Waals surface area contributed by atoms with E-state index in [1.54, 1.807) is 7.11 Å². The van der Waals surface area contributed by atoms with Crippen LogP contribution in [0.1, 0.15) is 60.8 Å². The molecule has 3 N–H and O–H groups in total. The summed E-state index contributed by atoms with van der Waals surface area (Å²) in [7, 11) is 1.61. The van der Waals surface area contributed by atoms with Gasteiger partial charge < -0.3 is 20.2 Å². The first-order valence-corrected chi connectivity index (χ1v) is 11.2. The topological polar surface area (TPSA) is 77.5 Å². The zero-order chi connectivity index (χ0) is 22.0. The normalized spacial score (nSPS) is 22.3. The molecular formula is C26H32N2O3. The second-order valence-electron chi connectivity index (χ2n) is 8.84. The van der Waals surface area contributed by atoms with Gasteiger partial charge >= 0.3 is 0 Å². The summed E-state index contributed by atoms with van der Waals surface area (Å²) in [4.78, 5) is 12.8. The first-order chi connectivity index (χ1) is 15.0. The van der Waals surface area contributed by atoms with Crippen LogP contribution in [0, 0.1) is 17.8 Å². The van der Waals surface area contributed by atoms with Crippen LogP contribution in [-0.4, -0.2) is 13.0 Å². The van der Waals surface area contributed by atoms with E-state index in [1.807, 2.05) is 48.5 Å². The summed E-state index contributed by atoms with van der Waals surface area (Å²) < 4.78 is 11.5. The van der Waals surface area contributed by atoms with Crippen LogP contribution in [0.3, 0.4) is 0 Å². The number of carbonyl (C=O) groups is 1. The summed E-state index contributed by atoms with van der Waals surface area (Å²) >= 11 is 0. The van der Waals surface area contributed by atoms with Crippen LogP contribution in [0.5, 0.6) is 5.75 Å². The fraction of sp³-hybridized carbons (Fsp3) is 0.423. The monoisotopic (exact) mass is 420 g/mol. The third kappa shape index (κ3) is 4.33. The molecule has 1 fully saturated rings. The van der Waals surface area contributed by atoms with Gasteiger partial charge in [-0.2, -0.15) is 0 Å². The number of amides is 1. The molecule has 4 atom stereocenters. The Morgan fingerprint density at radius 1 is 1.19 bits per heavy atom. The van der Waals surface area contributed by atoms with Crippen molar-refractivity contribution in [2.24, 2.45) is 23.5 Å². The molecule has 4 rings (SSSR count). The van der Waals surface area contributed by atoms with Gasteiger partial charge in [-0.05, 0) is 47.4 Å². The maximum Gasteiger partial charge on any atom is 0.287 e. The smallest absolute Gasteiger partial charge is 0.287 e. The summed E-state index contributed by atoms with van der Waals surface area (Å²) in [6.45, 7) is 5.07. The third-order valence-electron chi connectivity index (χ3n) is 7.01. The molecular weight excluding hydrogens is 388 g/mol. The van der Waals surface area contributed by atoms with Crippen molar-refractivity contribution < 1.29 is 13.9 Å². The number of carbonyl (C=O) groups excluding carboxylic acids is 1. The second kappa shape index (κ2) is 9.15. The molecule has 0 aliphatic heterocycles. The highest BCUT2D eigenvalue weighted by molar-refractivity contribution is 5.98. The molecule has 4 unspecified atom stereocenters. The minimum absolute atomic E-state index is 0.107. The SMILES string of the molecule is COc1ccc(C(N)C2CCCC(C)C2C)c2cc(C(=O)NCc3ccccc3)oc12. The number of furan rings is 1. The van der Waals surface area contributed by atoms with Crippen LogP contribution in [0.15, 0.2) is 52.9 Å². The number of rotatable bonds is 6. The Hall–Kier alpha value is -2.79. The maximum absolute atomic E-state index is 12.8. The molecule has 1 aliphatic carbocycles. The van der Waals surface area contributed by atoms with E-state index in [-0.39, 0.29) is 17.7 Å². The molecule has 1 amide bonds. The van der Waals surface area contributed by atoms with Gasteiger partial charge in [0.25, 0.3) is 5.91 Å². The number of fused-ring (bicyclic) bond motifs is 1. The molecule has 0 spiro atoms. The number of nitrogens with one attached hydrogen (secondary N) is 1. The van der Waals surface area contributed by atoms with Crippen LogP contribution >= 0.6 is 0 Å². The average Bonchev–Trinajstić information content (AvgIpc) is 3.24. The summed E-state index contributed by atoms with van der Waals surface area (Å²) in [5, 5.41) is 3.80. The Balaban J connectivity index is 1.63. The van der Waals surface area contributed by atoms with Crippen molar-refractivity contribution in [1.82, 2.24) is 5.32 Å². The summed E-state index contributed by atoms with van der Waals surface area (Å²) in [6, 6.07) is 15.4. The van der Waals surface area contributed by atoms with Crippen LogP contribution in [0.4, 0.5) is 0 Å². The van der Waals surface area contributed by atoms with E-state index in [2.05, 4.69) is 19.2 Å². The Morgan fingerprint density at radius 3 is 2.71 bits per heavy atom. The standard InChI is InChI=1S/C26H32N2O3/c1-16-8-7-11-19(17(16)2)24(27)20-12-13-22(30-3)25-21(20)14-23(31-25)26(29)28-15-18-9-5-4-6-10-18/h4-6,9-10,12-14,16-17,19,24H,7-8,11,15,27H2,1-3H3,(H,28,29). The molecule has 0 radical (unpaired) electrons. The molecule has 1 aromatic heterocycles. The lowest BCUT2D eigenvalue weighted by Gasteiger charge is -2.38. The van der Waals surface area contributed by atoms with Crippen molar-refractivity contribution in [1.29, 1.82) is 0 Å². The van der Waals surface area contributed by atoms with E-state index < -0.39 is 0 Å². The van der Waals surface area contributed by atoms with Gasteiger partial charge in [0.15, 0.2) is 17.1 Å². The molecule has 31 heavy (non-hydrogen) atoms. The quantitative estimate of drug-likeness (QED) is 0.556. The maximum atomic E-state index is 12.8. The lowest BCUT2D eigenvalue weighted by atomic mass is 9.69. The Kier molecular flexibility index (Phi) is 6.33. The van der Waals surface area contributed by atoms with Gasteiger partial charge in [0, 0.05) is 18.0 Å². The summed E-state index contributed by atoms with van der Waals surface area (Å²) in [5.41, 5.74) is 9.45. The van der Waals surface area contributed by atoms with E-state index in [4.69, 9.17) is 14.9 Å². The van der Waals surface area contributed by atoms with Crippen molar-refractivity contribution >= 4 is 16.9 Å². The zero-order valence-electron chi connectivity index (χ0n) is 18.6. The van der Waals surface area contributed by atoms with Gasteiger partial charge in [-0.1, -0.05) is 63.1 Å². The highest BCUT2D eigenvalue weighted by atomic mass is 16.5. The number of hydrogen-bond donors (Lipinski definition) is 2. The minimum atomic E-state index is -0.249. The fourth-order valence-corrected chi connectivity index (χ4v) is 4.91.